The molecule has 1 unspecified atom stereocenters. The quantitative estimate of drug-likeness (QED) is 0.683. The van der Waals surface area contributed by atoms with E-state index in [1.807, 2.05) is 67.3 Å². The number of carbonyl (C=O) groups excluding carboxylic acids is 1. The van der Waals surface area contributed by atoms with Gasteiger partial charge in [0, 0.05) is 24.3 Å². The molecule has 1 aliphatic rings. The SMILES string of the molecule is Cc1sc(-n2cccc2)c(C(=O)N(C)CC2COc3ccccc3O2)c1C. The van der Waals surface area contributed by atoms with Crippen molar-refractivity contribution in [2.45, 2.75) is 20.0 Å². The van der Waals surface area contributed by atoms with E-state index in [4.69, 9.17) is 9.47 Å². The number of ether oxygens (including phenoxy) is 2. The van der Waals surface area contributed by atoms with Crippen LogP contribution in [-0.2, 0) is 0 Å². The van der Waals surface area contributed by atoms with Crippen molar-refractivity contribution in [1.82, 2.24) is 9.47 Å². The minimum Gasteiger partial charge on any atom is -0.486 e. The molecule has 1 aromatic carbocycles. The molecule has 27 heavy (non-hydrogen) atoms. The molecule has 6 heteroatoms. The smallest absolute Gasteiger partial charge is 0.257 e. The van der Waals surface area contributed by atoms with Crippen molar-refractivity contribution in [3.05, 3.63) is 64.8 Å². The van der Waals surface area contributed by atoms with Gasteiger partial charge >= 0.3 is 0 Å². The van der Waals surface area contributed by atoms with Crippen molar-refractivity contribution < 1.29 is 14.3 Å². The highest BCUT2D eigenvalue weighted by Gasteiger charge is 2.27. The molecule has 3 aromatic rings. The molecule has 3 heterocycles. The Morgan fingerprint density at radius 1 is 1.19 bits per heavy atom. The van der Waals surface area contributed by atoms with Crippen LogP contribution in [0.1, 0.15) is 20.8 Å². The number of para-hydroxylation sites is 2. The van der Waals surface area contributed by atoms with Crippen molar-refractivity contribution in [1.29, 1.82) is 0 Å². The molecule has 0 N–H and O–H groups in total. The van der Waals surface area contributed by atoms with Crippen LogP contribution in [-0.4, -0.2) is 41.7 Å². The standard InChI is InChI=1S/C21H22N2O3S/c1-14-15(2)27-21(23-10-6-7-11-23)19(14)20(24)22(3)12-16-13-25-17-8-4-5-9-18(17)26-16/h4-11,16H,12-13H2,1-3H3. The third-order valence-electron chi connectivity index (χ3n) is 4.81. The van der Waals surface area contributed by atoms with E-state index in [9.17, 15) is 4.79 Å². The first-order valence-corrected chi connectivity index (χ1v) is 9.73. The molecule has 1 amide bonds. The zero-order chi connectivity index (χ0) is 19.0. The summed E-state index contributed by atoms with van der Waals surface area (Å²) in [5.41, 5.74) is 1.79. The van der Waals surface area contributed by atoms with Gasteiger partial charge in [0.25, 0.3) is 5.91 Å². The zero-order valence-electron chi connectivity index (χ0n) is 15.6. The van der Waals surface area contributed by atoms with Gasteiger partial charge in [0.1, 0.15) is 11.6 Å². The van der Waals surface area contributed by atoms with Crippen LogP contribution in [0.2, 0.25) is 0 Å². The van der Waals surface area contributed by atoms with Crippen LogP contribution in [0.15, 0.2) is 48.8 Å². The second-order valence-electron chi connectivity index (χ2n) is 6.74. The summed E-state index contributed by atoms with van der Waals surface area (Å²) in [6.45, 7) is 4.96. The minimum atomic E-state index is -0.191. The van der Waals surface area contributed by atoms with E-state index < -0.39 is 0 Å². The largest absolute Gasteiger partial charge is 0.486 e. The molecule has 0 bridgehead atoms. The van der Waals surface area contributed by atoms with Crippen molar-refractivity contribution >= 4 is 17.2 Å². The van der Waals surface area contributed by atoms with E-state index in [2.05, 4.69) is 6.92 Å². The normalized spacial score (nSPS) is 15.6. The Bertz CT molecular complexity index is 962. The summed E-state index contributed by atoms with van der Waals surface area (Å²) in [6.07, 6.45) is 3.75. The third kappa shape index (κ3) is 3.32. The molecule has 0 aliphatic carbocycles. The molecule has 1 aliphatic heterocycles. The number of carbonyl (C=O) groups is 1. The maximum atomic E-state index is 13.2. The molecular formula is C21H22N2O3S. The third-order valence-corrected chi connectivity index (χ3v) is 6.03. The van der Waals surface area contributed by atoms with E-state index in [0.29, 0.717) is 13.2 Å². The molecule has 2 aromatic heterocycles. The Morgan fingerprint density at radius 3 is 2.63 bits per heavy atom. The van der Waals surface area contributed by atoms with Gasteiger partial charge in [-0.2, -0.15) is 0 Å². The van der Waals surface area contributed by atoms with Crippen LogP contribution in [0.3, 0.4) is 0 Å². The first-order valence-electron chi connectivity index (χ1n) is 8.92. The van der Waals surface area contributed by atoms with Gasteiger partial charge < -0.3 is 18.9 Å². The van der Waals surface area contributed by atoms with Crippen LogP contribution in [0, 0.1) is 13.8 Å². The van der Waals surface area contributed by atoms with Crippen LogP contribution in [0.4, 0.5) is 0 Å². The summed E-state index contributed by atoms with van der Waals surface area (Å²) in [7, 11) is 1.82. The number of hydrogen-bond acceptors (Lipinski definition) is 4. The number of amides is 1. The summed E-state index contributed by atoms with van der Waals surface area (Å²) in [4.78, 5) is 16.1. The number of hydrogen-bond donors (Lipinski definition) is 0. The van der Waals surface area contributed by atoms with Crippen LogP contribution in [0.25, 0.3) is 5.00 Å². The molecule has 0 saturated carbocycles. The fourth-order valence-electron chi connectivity index (χ4n) is 3.24. The van der Waals surface area contributed by atoms with Crippen LogP contribution < -0.4 is 9.47 Å². The van der Waals surface area contributed by atoms with Gasteiger partial charge in [0.05, 0.1) is 12.1 Å². The predicted molar refractivity (Wildman–Crippen MR) is 106 cm³/mol. The van der Waals surface area contributed by atoms with E-state index >= 15 is 0 Å². The van der Waals surface area contributed by atoms with E-state index in [1.165, 1.54) is 0 Å². The Balaban J connectivity index is 1.54. The molecule has 140 valence electrons. The summed E-state index contributed by atoms with van der Waals surface area (Å²) < 4.78 is 13.8. The molecule has 1 atom stereocenters. The van der Waals surface area contributed by atoms with Crippen molar-refractivity contribution in [3.8, 4) is 16.5 Å². The zero-order valence-corrected chi connectivity index (χ0v) is 16.5. The Morgan fingerprint density at radius 2 is 1.89 bits per heavy atom. The number of rotatable bonds is 4. The minimum absolute atomic E-state index is 0.00279. The first kappa shape index (κ1) is 17.7. The van der Waals surface area contributed by atoms with E-state index in [1.54, 1.807) is 16.2 Å². The van der Waals surface area contributed by atoms with Gasteiger partial charge in [0.15, 0.2) is 17.6 Å². The highest BCUT2D eigenvalue weighted by atomic mass is 32.1. The van der Waals surface area contributed by atoms with Crippen molar-refractivity contribution in [3.63, 3.8) is 0 Å². The maximum absolute atomic E-state index is 13.2. The summed E-state index contributed by atoms with van der Waals surface area (Å²) >= 11 is 1.64. The van der Waals surface area contributed by atoms with Crippen LogP contribution in [0.5, 0.6) is 11.5 Å². The van der Waals surface area contributed by atoms with E-state index in [0.717, 1.165) is 32.5 Å². The lowest BCUT2D eigenvalue weighted by Gasteiger charge is -2.29. The molecule has 0 spiro atoms. The average Bonchev–Trinajstić information content (AvgIpc) is 3.30. The molecule has 0 saturated heterocycles. The second kappa shape index (κ2) is 7.12. The van der Waals surface area contributed by atoms with Gasteiger partial charge in [-0.25, -0.2) is 0 Å². The van der Waals surface area contributed by atoms with Gasteiger partial charge in [-0.15, -0.1) is 11.3 Å². The lowest BCUT2D eigenvalue weighted by atomic mass is 10.1. The Labute approximate surface area is 162 Å². The topological polar surface area (TPSA) is 43.7 Å². The summed E-state index contributed by atoms with van der Waals surface area (Å²) in [5.74, 6) is 1.48. The molecule has 0 radical (unpaired) electrons. The number of likely N-dealkylation sites (N-methyl/N-ethyl adjacent to an activating group) is 1. The lowest BCUT2D eigenvalue weighted by Crippen LogP contribution is -2.42. The number of aryl methyl sites for hydroxylation is 1. The fraction of sp³-hybridized carbons (Fsp3) is 0.286. The predicted octanol–water partition coefficient (Wildman–Crippen LogP) is 4.07. The Kier molecular flexibility index (Phi) is 4.66. The highest BCUT2D eigenvalue weighted by molar-refractivity contribution is 7.15. The van der Waals surface area contributed by atoms with Gasteiger partial charge in [0.2, 0.25) is 0 Å². The fourth-order valence-corrected chi connectivity index (χ4v) is 4.36. The first-order chi connectivity index (χ1) is 13.0. The average molecular weight is 382 g/mol. The maximum Gasteiger partial charge on any atom is 0.257 e. The number of benzene rings is 1. The lowest BCUT2D eigenvalue weighted by molar-refractivity contribution is 0.0521. The molecule has 4 rings (SSSR count). The summed E-state index contributed by atoms with van der Waals surface area (Å²) in [5, 5.41) is 0.956. The Hall–Kier alpha value is -2.73. The summed E-state index contributed by atoms with van der Waals surface area (Å²) in [6, 6.07) is 11.5. The second-order valence-corrected chi connectivity index (χ2v) is 7.94. The number of thiophene rings is 1. The number of aromatic nitrogens is 1. The van der Waals surface area contributed by atoms with Gasteiger partial charge in [-0.05, 0) is 43.7 Å². The van der Waals surface area contributed by atoms with Crippen molar-refractivity contribution in [2.24, 2.45) is 0 Å². The van der Waals surface area contributed by atoms with E-state index in [-0.39, 0.29) is 12.0 Å². The van der Waals surface area contributed by atoms with Gasteiger partial charge in [-0.1, -0.05) is 12.1 Å². The molecule has 0 fully saturated rings. The van der Waals surface area contributed by atoms with Crippen molar-refractivity contribution in [2.75, 3.05) is 20.2 Å². The van der Waals surface area contributed by atoms with Gasteiger partial charge in [-0.3, -0.25) is 4.79 Å². The molecular weight excluding hydrogens is 360 g/mol. The number of nitrogens with zero attached hydrogens (tertiary/aromatic N) is 2. The molecule has 5 nitrogen and oxygen atoms in total. The number of fused-ring (bicyclic) bond motifs is 1. The highest BCUT2D eigenvalue weighted by Crippen LogP contribution is 2.33. The monoisotopic (exact) mass is 382 g/mol. The van der Waals surface area contributed by atoms with Crippen LogP contribution >= 0.6 is 11.3 Å².